The number of ketones is 3. The first-order chi connectivity index (χ1) is 55.0. The Morgan fingerprint density at radius 1 is 0.364 bits per heavy atom. The lowest BCUT2D eigenvalue weighted by Crippen LogP contribution is -2.21. The number of hydrogen-bond acceptors (Lipinski definition) is 9. The van der Waals surface area contributed by atoms with Gasteiger partial charge < -0.3 is 28.4 Å². The minimum absolute atomic E-state index is 0.00746. The number of methoxy groups -OCH3 is 6. The molecule has 9 aromatic rings. The van der Waals surface area contributed by atoms with E-state index in [0.717, 1.165) is 132 Å². The maximum Gasteiger partial charge on any atom is 0.181 e. The molecule has 118 heavy (non-hydrogen) atoms. The van der Waals surface area contributed by atoms with E-state index in [0.29, 0.717) is 0 Å². The molecule has 0 bridgehead atoms. The summed E-state index contributed by atoms with van der Waals surface area (Å²) in [6, 6.07) is 52.5. The highest BCUT2D eigenvalue weighted by Crippen LogP contribution is 2.54. The van der Waals surface area contributed by atoms with Crippen molar-refractivity contribution in [1.82, 2.24) is 0 Å². The van der Waals surface area contributed by atoms with E-state index in [1.54, 1.807) is 42.7 Å². The molecular weight excluding hydrogens is 1560 g/mol. The summed E-state index contributed by atoms with van der Waals surface area (Å²) in [5, 5.41) is 1.38. The minimum Gasteiger partial charge on any atom is -0.496 e. The molecule has 0 saturated heterocycles. The van der Waals surface area contributed by atoms with Gasteiger partial charge in [-0.1, -0.05) is 297 Å². The molecule has 0 amide bonds. The van der Waals surface area contributed by atoms with Crippen molar-refractivity contribution < 1.29 is 42.8 Å². The number of hydrogen-bond donors (Lipinski definition) is 0. The summed E-state index contributed by atoms with van der Waals surface area (Å²) in [6.07, 6.45) is 6.78. The van der Waals surface area contributed by atoms with E-state index in [4.69, 9.17) is 39.5 Å². The molecule has 0 aliphatic heterocycles. The molecule has 0 N–H and O–H groups in total. The molecular formula is C106H132BrClO9Si. The highest BCUT2D eigenvalue weighted by molar-refractivity contribution is 9.10. The molecule has 5 aliphatic carbocycles. The van der Waals surface area contributed by atoms with Crippen LogP contribution in [0.3, 0.4) is 0 Å². The second-order valence-electron chi connectivity index (χ2n) is 39.3. The molecule has 9 nitrogen and oxygen atoms in total. The lowest BCUT2D eigenvalue weighted by Gasteiger charge is -2.28. The van der Waals surface area contributed by atoms with Crippen LogP contribution in [-0.2, 0) is 64.6 Å². The zero-order valence-electron chi connectivity index (χ0n) is 76.7. The Labute approximate surface area is 722 Å². The SMILES string of the molecule is COc1c(C(C)(C)C)cc2c(c1-c1ccccc1)C([Si](C)(C)Cl)=C(C)C2.COc1c(C(C)(C)C)cc2c(c1-c1ccccc1)C=C(C)C2.COc1c(C(C)(C)C)cc2c(c1-c1ccccc1)CC(C)C2=O.COc1c(C(C)(C)C)cc2c(c1Br)CC(C)C2=O.COc1cc2c(cc1C(C)(C)C)C(=O)C(C)C2.COc1ccccc1C(C)(C)C. The summed E-state index contributed by atoms with van der Waals surface area (Å²) < 4.78 is 35.0. The normalized spacial score (nSPS) is 16.0. The van der Waals surface area contributed by atoms with Crippen molar-refractivity contribution in [3.05, 3.63) is 256 Å². The van der Waals surface area contributed by atoms with E-state index in [-0.39, 0.29) is 67.6 Å². The van der Waals surface area contributed by atoms with Crippen molar-refractivity contribution in [2.75, 3.05) is 42.7 Å². The maximum atomic E-state index is 12.6. The fourth-order valence-electron chi connectivity index (χ4n) is 17.2. The third-order valence-corrected chi connectivity index (χ3v) is 26.4. The number of Topliss-reactive ketones (excluding diaryl/α,β-unsaturated/α-hetero) is 3. The van der Waals surface area contributed by atoms with Gasteiger partial charge in [0.25, 0.3) is 0 Å². The van der Waals surface area contributed by atoms with E-state index in [1.807, 2.05) is 75.4 Å². The van der Waals surface area contributed by atoms with E-state index >= 15 is 0 Å². The molecule has 14 rings (SSSR count). The Morgan fingerprint density at radius 3 is 1.17 bits per heavy atom. The molecule has 3 unspecified atom stereocenters. The third-order valence-electron chi connectivity index (χ3n) is 23.1. The van der Waals surface area contributed by atoms with Crippen LogP contribution in [0.15, 0.2) is 167 Å². The maximum absolute atomic E-state index is 12.6. The quantitative estimate of drug-likeness (QED) is 0.0977. The second kappa shape index (κ2) is 36.7. The average Bonchev–Trinajstić information content (AvgIpc) is 1.55. The van der Waals surface area contributed by atoms with Crippen LogP contribution in [0.25, 0.3) is 44.7 Å². The van der Waals surface area contributed by atoms with Crippen LogP contribution in [0, 0.1) is 17.8 Å². The van der Waals surface area contributed by atoms with E-state index in [9.17, 15) is 14.4 Å². The molecule has 0 heterocycles. The Hall–Kier alpha value is -8.74. The summed E-state index contributed by atoms with van der Waals surface area (Å²) in [5.41, 5.74) is 28.6. The number of carbonyl (C=O) groups excluding carboxylic acids is 3. The van der Waals surface area contributed by atoms with Crippen molar-refractivity contribution in [2.45, 2.75) is 237 Å². The topological polar surface area (TPSA) is 107 Å². The second-order valence-corrected chi connectivity index (χ2v) is 46.4. The van der Waals surface area contributed by atoms with Gasteiger partial charge in [0, 0.05) is 79.0 Å². The van der Waals surface area contributed by atoms with Crippen LogP contribution in [-0.4, -0.2) is 67.4 Å². The molecule has 0 spiro atoms. The van der Waals surface area contributed by atoms with Gasteiger partial charge in [0.15, 0.2) is 24.7 Å². The van der Waals surface area contributed by atoms with Gasteiger partial charge in [-0.3, -0.25) is 14.4 Å². The third kappa shape index (κ3) is 20.3. The molecule has 5 aliphatic rings. The summed E-state index contributed by atoms with van der Waals surface area (Å²) >= 11 is 10.6. The number of ether oxygens (including phenoxy) is 6. The number of benzene rings is 9. The van der Waals surface area contributed by atoms with Crippen molar-refractivity contribution in [3.63, 3.8) is 0 Å². The fourth-order valence-corrected chi connectivity index (χ4v) is 20.7. The number of fused-ring (bicyclic) bond motifs is 5. The van der Waals surface area contributed by atoms with Crippen molar-refractivity contribution in [2.24, 2.45) is 17.8 Å². The summed E-state index contributed by atoms with van der Waals surface area (Å²) in [4.78, 5) is 36.8. The largest absolute Gasteiger partial charge is 0.496 e. The summed E-state index contributed by atoms with van der Waals surface area (Å²) in [7, 11) is 8.38. The minimum atomic E-state index is -2.01. The highest BCUT2D eigenvalue weighted by Gasteiger charge is 2.40. The van der Waals surface area contributed by atoms with Gasteiger partial charge >= 0.3 is 0 Å². The summed E-state index contributed by atoms with van der Waals surface area (Å²) in [6.45, 7) is 54.2. The van der Waals surface area contributed by atoms with Gasteiger partial charge in [-0.15, -0.1) is 0 Å². The first kappa shape index (κ1) is 93.1. The zero-order chi connectivity index (χ0) is 87.6. The number of rotatable bonds is 10. The van der Waals surface area contributed by atoms with E-state index < -0.39 is 7.38 Å². The molecule has 0 aromatic heterocycles. The number of halogens is 2. The molecule has 0 radical (unpaired) electrons. The Balaban J connectivity index is 0.000000164. The van der Waals surface area contributed by atoms with Crippen molar-refractivity contribution >= 4 is 63.0 Å². The average molecular weight is 1690 g/mol. The van der Waals surface area contributed by atoms with Gasteiger partial charge in [0.1, 0.15) is 34.5 Å². The fraction of sp³-hybridized carbons (Fsp3) is 0.425. The van der Waals surface area contributed by atoms with Gasteiger partial charge in [-0.25, -0.2) is 0 Å². The monoisotopic (exact) mass is 1690 g/mol. The van der Waals surface area contributed by atoms with Crippen LogP contribution in [0.4, 0.5) is 0 Å². The lowest BCUT2D eigenvalue weighted by molar-refractivity contribution is 0.0939. The Kier molecular flexibility index (Phi) is 29.0. The smallest absolute Gasteiger partial charge is 0.181 e. The van der Waals surface area contributed by atoms with Gasteiger partial charge in [0.2, 0.25) is 0 Å². The van der Waals surface area contributed by atoms with Crippen molar-refractivity contribution in [1.29, 1.82) is 0 Å². The van der Waals surface area contributed by atoms with E-state index in [2.05, 4.69) is 271 Å². The van der Waals surface area contributed by atoms with Crippen LogP contribution in [0.2, 0.25) is 13.1 Å². The predicted molar refractivity (Wildman–Crippen MR) is 503 cm³/mol. The number of allylic oxidation sites excluding steroid dienone is 2. The van der Waals surface area contributed by atoms with Gasteiger partial charge in [0.05, 0.1) is 47.1 Å². The van der Waals surface area contributed by atoms with Crippen LogP contribution >= 0.6 is 27.0 Å². The highest BCUT2D eigenvalue weighted by atomic mass is 79.9. The Bertz CT molecular complexity index is 5250. The molecule has 9 aromatic carbocycles. The predicted octanol–water partition coefficient (Wildman–Crippen LogP) is 28.1. The molecule has 3 atom stereocenters. The van der Waals surface area contributed by atoms with Crippen LogP contribution < -0.4 is 28.4 Å². The lowest BCUT2D eigenvalue weighted by atomic mass is 9.81. The van der Waals surface area contributed by atoms with Crippen LogP contribution in [0.5, 0.6) is 34.5 Å². The first-order valence-corrected chi connectivity index (χ1v) is 46.6. The van der Waals surface area contributed by atoms with Gasteiger partial charge in [-0.05, 0) is 191 Å². The van der Waals surface area contributed by atoms with Crippen LogP contribution in [0.1, 0.15) is 263 Å². The molecule has 12 heteroatoms. The molecule has 0 fully saturated rings. The van der Waals surface area contributed by atoms with E-state index in [1.165, 1.54) is 77.5 Å². The number of carbonyl (C=O) groups is 3. The molecule has 628 valence electrons. The summed E-state index contributed by atoms with van der Waals surface area (Å²) in [5.74, 6) is 6.68. The zero-order valence-corrected chi connectivity index (χ0v) is 80.1. The standard InChI is InChI=1S/C23H29ClOSi.C21H24O2.C21H24O.C15H19BrO2.C15H20O2.C11H16O/c1-15-13-17-14-18(23(2,3)4)21(25-5)19(16-11-9-8-10-12-16)20(17)22(15)26(6,7)24;1-13-11-15-16(19(13)22)12-17(21(2,3)4)20(23-5)18(15)14-9-7-6-8-10-14;1-14-11-16-13-18(21(2,3)4)20(22-5)19(17(16)12-14)15-9-7-6-8-10-15;1-8-6-9-10(13(8)17)7-11(15(2,3)4)14(18-5)12(9)16;1-9-6-10-7-13(17-5)12(15(2,3)4)8-11(10)14(9)16;1-11(2,3)9-7-5-6-8-10(9)12-4/h8-12,14H,13H2,1-7H3;6-10,12-13H,11H2,1-5H3;6-10,12-13H,11H2,1-5H3;7-8H,6H2,1-5H3;7-9H,6H2,1-5H3;5-8H,1-4H3. The first-order valence-electron chi connectivity index (χ1n) is 41.8. The Morgan fingerprint density at radius 2 is 0.729 bits per heavy atom. The molecule has 0 saturated carbocycles. The van der Waals surface area contributed by atoms with Gasteiger partial charge in [-0.2, -0.15) is 11.1 Å². The van der Waals surface area contributed by atoms with Crippen molar-refractivity contribution in [3.8, 4) is 67.9 Å². The number of para-hydroxylation sites is 1.